The number of nitrogens with one attached hydrogen (secondary N) is 1. The standard InChI is InChI=1S/C14H18F2N2O2/c1-3-6-17-14(20)9-18(2)8-13(19)11-5-4-10(15)7-12(11)16/h4-5,7H,3,6,8-9H2,1-2H3,(H,17,20). The smallest absolute Gasteiger partial charge is 0.234 e. The van der Waals surface area contributed by atoms with Crippen molar-refractivity contribution in [2.24, 2.45) is 0 Å². The van der Waals surface area contributed by atoms with E-state index in [2.05, 4.69) is 5.32 Å². The number of nitrogens with zero attached hydrogens (tertiary/aromatic N) is 1. The van der Waals surface area contributed by atoms with E-state index in [0.29, 0.717) is 12.6 Å². The number of benzene rings is 1. The molecule has 0 aliphatic rings. The Kier molecular flexibility index (Phi) is 6.24. The zero-order valence-electron chi connectivity index (χ0n) is 11.6. The number of halogens is 2. The lowest BCUT2D eigenvalue weighted by Crippen LogP contribution is -2.37. The molecule has 0 saturated carbocycles. The molecule has 1 rings (SSSR count). The largest absolute Gasteiger partial charge is 0.355 e. The second-order valence-corrected chi connectivity index (χ2v) is 4.57. The van der Waals surface area contributed by atoms with Gasteiger partial charge < -0.3 is 5.32 Å². The topological polar surface area (TPSA) is 49.4 Å². The van der Waals surface area contributed by atoms with E-state index in [4.69, 9.17) is 0 Å². The third kappa shape index (κ3) is 5.05. The minimum atomic E-state index is -0.890. The summed E-state index contributed by atoms with van der Waals surface area (Å²) in [5.74, 6) is -2.31. The highest BCUT2D eigenvalue weighted by molar-refractivity contribution is 5.98. The summed E-state index contributed by atoms with van der Waals surface area (Å²) in [5.41, 5.74) is -0.174. The molecular formula is C14H18F2N2O2. The van der Waals surface area contributed by atoms with Crippen LogP contribution in [0.2, 0.25) is 0 Å². The van der Waals surface area contributed by atoms with Crippen LogP contribution in [0.25, 0.3) is 0 Å². The summed E-state index contributed by atoms with van der Waals surface area (Å²) < 4.78 is 26.2. The molecule has 0 saturated heterocycles. The van der Waals surface area contributed by atoms with Gasteiger partial charge in [0.15, 0.2) is 5.78 Å². The SMILES string of the molecule is CCCNC(=O)CN(C)CC(=O)c1ccc(F)cc1F. The highest BCUT2D eigenvalue weighted by Crippen LogP contribution is 2.10. The molecule has 1 aromatic carbocycles. The molecule has 0 bridgehead atoms. The van der Waals surface area contributed by atoms with Gasteiger partial charge in [0.2, 0.25) is 5.91 Å². The minimum Gasteiger partial charge on any atom is -0.355 e. The van der Waals surface area contributed by atoms with Gasteiger partial charge in [0.1, 0.15) is 11.6 Å². The average molecular weight is 284 g/mol. The summed E-state index contributed by atoms with van der Waals surface area (Å²) >= 11 is 0. The second-order valence-electron chi connectivity index (χ2n) is 4.57. The van der Waals surface area contributed by atoms with Crippen LogP contribution < -0.4 is 5.32 Å². The Hall–Kier alpha value is -1.82. The lowest BCUT2D eigenvalue weighted by molar-refractivity contribution is -0.121. The summed E-state index contributed by atoms with van der Waals surface area (Å²) in [6.45, 7) is 2.45. The van der Waals surface area contributed by atoms with Gasteiger partial charge in [-0.3, -0.25) is 14.5 Å². The number of ketones is 1. The Labute approximate surface area is 116 Å². The molecule has 0 spiro atoms. The van der Waals surface area contributed by atoms with E-state index in [1.54, 1.807) is 7.05 Å². The number of rotatable bonds is 7. The van der Waals surface area contributed by atoms with Crippen molar-refractivity contribution in [3.8, 4) is 0 Å². The van der Waals surface area contributed by atoms with Gasteiger partial charge >= 0.3 is 0 Å². The fourth-order valence-corrected chi connectivity index (χ4v) is 1.67. The molecule has 0 radical (unpaired) electrons. The predicted octanol–water partition coefficient (Wildman–Crippen LogP) is 1.61. The van der Waals surface area contributed by atoms with Gasteiger partial charge in [0.05, 0.1) is 18.7 Å². The fourth-order valence-electron chi connectivity index (χ4n) is 1.67. The van der Waals surface area contributed by atoms with Gasteiger partial charge in [0.25, 0.3) is 0 Å². The highest BCUT2D eigenvalue weighted by atomic mass is 19.1. The minimum absolute atomic E-state index is 0.0502. The van der Waals surface area contributed by atoms with Crippen molar-refractivity contribution in [2.45, 2.75) is 13.3 Å². The normalized spacial score (nSPS) is 10.7. The van der Waals surface area contributed by atoms with E-state index in [0.717, 1.165) is 18.6 Å². The third-order valence-corrected chi connectivity index (χ3v) is 2.63. The number of carbonyl (C=O) groups excluding carboxylic acids is 2. The molecule has 0 heterocycles. The zero-order valence-corrected chi connectivity index (χ0v) is 11.6. The van der Waals surface area contributed by atoms with Crippen molar-refractivity contribution < 1.29 is 18.4 Å². The number of likely N-dealkylation sites (N-methyl/N-ethyl adjacent to an activating group) is 1. The maximum Gasteiger partial charge on any atom is 0.234 e. The van der Waals surface area contributed by atoms with Crippen LogP contribution in [-0.2, 0) is 4.79 Å². The summed E-state index contributed by atoms with van der Waals surface area (Å²) in [6, 6.07) is 2.81. The van der Waals surface area contributed by atoms with Crippen LogP contribution in [0.3, 0.4) is 0 Å². The number of amides is 1. The maximum atomic E-state index is 13.4. The van der Waals surface area contributed by atoms with E-state index < -0.39 is 17.4 Å². The monoisotopic (exact) mass is 284 g/mol. The lowest BCUT2D eigenvalue weighted by atomic mass is 10.1. The first-order valence-corrected chi connectivity index (χ1v) is 6.37. The van der Waals surface area contributed by atoms with E-state index in [1.807, 2.05) is 6.92 Å². The Morgan fingerprint density at radius 3 is 2.55 bits per heavy atom. The van der Waals surface area contributed by atoms with E-state index in [9.17, 15) is 18.4 Å². The third-order valence-electron chi connectivity index (χ3n) is 2.63. The van der Waals surface area contributed by atoms with Crippen LogP contribution in [-0.4, -0.2) is 43.3 Å². The summed E-state index contributed by atoms with van der Waals surface area (Å²) in [7, 11) is 1.59. The molecular weight excluding hydrogens is 266 g/mol. The summed E-state index contributed by atoms with van der Waals surface area (Å²) in [4.78, 5) is 24.8. The van der Waals surface area contributed by atoms with Crippen molar-refractivity contribution in [2.75, 3.05) is 26.7 Å². The van der Waals surface area contributed by atoms with E-state index in [1.165, 1.54) is 4.90 Å². The van der Waals surface area contributed by atoms with E-state index >= 15 is 0 Å². The van der Waals surface area contributed by atoms with Gasteiger partial charge in [-0.2, -0.15) is 0 Å². The van der Waals surface area contributed by atoms with Crippen LogP contribution in [0, 0.1) is 11.6 Å². The van der Waals surface area contributed by atoms with Crippen LogP contribution in [0.1, 0.15) is 23.7 Å². The molecule has 4 nitrogen and oxygen atoms in total. The predicted molar refractivity (Wildman–Crippen MR) is 71.5 cm³/mol. The van der Waals surface area contributed by atoms with Gasteiger partial charge in [-0.05, 0) is 25.6 Å². The molecule has 0 aliphatic carbocycles. The van der Waals surface area contributed by atoms with Gasteiger partial charge in [-0.15, -0.1) is 0 Å². The van der Waals surface area contributed by atoms with Gasteiger partial charge in [0, 0.05) is 12.6 Å². The first-order valence-electron chi connectivity index (χ1n) is 6.37. The molecule has 6 heteroatoms. The number of carbonyl (C=O) groups is 2. The second kappa shape index (κ2) is 7.69. The quantitative estimate of drug-likeness (QED) is 0.774. The van der Waals surface area contributed by atoms with Crippen molar-refractivity contribution >= 4 is 11.7 Å². The molecule has 0 unspecified atom stereocenters. The first-order chi connectivity index (χ1) is 9.43. The Bertz CT molecular complexity index is 492. The molecule has 0 aliphatic heterocycles. The molecule has 0 atom stereocenters. The Morgan fingerprint density at radius 1 is 1.25 bits per heavy atom. The highest BCUT2D eigenvalue weighted by Gasteiger charge is 2.15. The molecule has 0 fully saturated rings. The first kappa shape index (κ1) is 16.2. The molecule has 1 aromatic rings. The number of hydrogen-bond donors (Lipinski definition) is 1. The molecule has 1 amide bonds. The van der Waals surface area contributed by atoms with Crippen LogP contribution in [0.15, 0.2) is 18.2 Å². The lowest BCUT2D eigenvalue weighted by Gasteiger charge is -2.15. The van der Waals surface area contributed by atoms with Gasteiger partial charge in [-0.1, -0.05) is 6.92 Å². The molecule has 0 aromatic heterocycles. The summed E-state index contributed by atoms with van der Waals surface area (Å²) in [6.07, 6.45) is 0.829. The number of Topliss-reactive ketones (excluding diaryl/α,β-unsaturated/α-hetero) is 1. The average Bonchev–Trinajstić information content (AvgIpc) is 2.35. The fraction of sp³-hybridized carbons (Fsp3) is 0.429. The van der Waals surface area contributed by atoms with Gasteiger partial charge in [-0.25, -0.2) is 8.78 Å². The molecule has 1 N–H and O–H groups in total. The molecule has 110 valence electrons. The Morgan fingerprint density at radius 2 is 1.95 bits per heavy atom. The Balaban J connectivity index is 2.55. The van der Waals surface area contributed by atoms with E-state index in [-0.39, 0.29) is 24.6 Å². The number of hydrogen-bond acceptors (Lipinski definition) is 3. The van der Waals surface area contributed by atoms with Crippen LogP contribution >= 0.6 is 0 Å². The zero-order chi connectivity index (χ0) is 15.1. The molecule has 20 heavy (non-hydrogen) atoms. The van der Waals surface area contributed by atoms with Crippen molar-refractivity contribution in [1.82, 2.24) is 10.2 Å². The van der Waals surface area contributed by atoms with Crippen molar-refractivity contribution in [3.63, 3.8) is 0 Å². The van der Waals surface area contributed by atoms with Crippen molar-refractivity contribution in [1.29, 1.82) is 0 Å². The summed E-state index contributed by atoms with van der Waals surface area (Å²) in [5, 5.41) is 2.68. The van der Waals surface area contributed by atoms with Crippen molar-refractivity contribution in [3.05, 3.63) is 35.4 Å². The van der Waals surface area contributed by atoms with Crippen LogP contribution in [0.5, 0.6) is 0 Å². The maximum absolute atomic E-state index is 13.4. The van der Waals surface area contributed by atoms with Crippen LogP contribution in [0.4, 0.5) is 8.78 Å².